The van der Waals surface area contributed by atoms with Crippen molar-refractivity contribution in [1.82, 2.24) is 4.98 Å². The molecule has 5 nitrogen and oxygen atoms in total. The highest BCUT2D eigenvalue weighted by Gasteiger charge is 2.23. The SMILES string of the molecule is CC(Nc1ncccc1C(=O)O)C1CCCO1. The van der Waals surface area contributed by atoms with Crippen LogP contribution in [0.3, 0.4) is 0 Å². The van der Waals surface area contributed by atoms with Gasteiger partial charge in [0.05, 0.1) is 12.1 Å². The lowest BCUT2D eigenvalue weighted by Gasteiger charge is -2.21. The second-order valence-electron chi connectivity index (χ2n) is 4.19. The van der Waals surface area contributed by atoms with Crippen LogP contribution in [0, 0.1) is 0 Å². The molecule has 0 bridgehead atoms. The maximum absolute atomic E-state index is 11.0. The Kier molecular flexibility index (Phi) is 3.58. The molecule has 0 radical (unpaired) electrons. The van der Waals surface area contributed by atoms with Crippen LogP contribution < -0.4 is 5.32 Å². The molecule has 17 heavy (non-hydrogen) atoms. The van der Waals surface area contributed by atoms with E-state index in [-0.39, 0.29) is 17.7 Å². The minimum Gasteiger partial charge on any atom is -0.478 e. The highest BCUT2D eigenvalue weighted by molar-refractivity contribution is 5.93. The van der Waals surface area contributed by atoms with Crippen LogP contribution >= 0.6 is 0 Å². The Morgan fingerprint density at radius 3 is 3.18 bits per heavy atom. The molecule has 1 fully saturated rings. The summed E-state index contributed by atoms with van der Waals surface area (Å²) in [6, 6.07) is 3.22. The summed E-state index contributed by atoms with van der Waals surface area (Å²) in [6.45, 7) is 2.76. The molecule has 1 aliphatic rings. The van der Waals surface area contributed by atoms with Gasteiger partial charge in [0, 0.05) is 12.8 Å². The number of aromatic nitrogens is 1. The molecule has 0 spiro atoms. The van der Waals surface area contributed by atoms with Crippen molar-refractivity contribution in [2.24, 2.45) is 0 Å². The Balaban J connectivity index is 2.09. The molecule has 1 saturated heterocycles. The van der Waals surface area contributed by atoms with E-state index in [0.29, 0.717) is 5.82 Å². The average Bonchev–Trinajstić information content (AvgIpc) is 2.83. The van der Waals surface area contributed by atoms with Crippen molar-refractivity contribution in [3.05, 3.63) is 23.9 Å². The number of pyridine rings is 1. The molecule has 1 aromatic rings. The molecule has 0 amide bonds. The average molecular weight is 236 g/mol. The molecule has 2 rings (SSSR count). The van der Waals surface area contributed by atoms with Crippen LogP contribution in [0.25, 0.3) is 0 Å². The maximum atomic E-state index is 11.0. The van der Waals surface area contributed by atoms with E-state index in [0.717, 1.165) is 19.4 Å². The molecule has 2 heterocycles. The number of rotatable bonds is 4. The Labute approximate surface area is 99.8 Å². The monoisotopic (exact) mass is 236 g/mol. The van der Waals surface area contributed by atoms with Crippen LogP contribution in [0.1, 0.15) is 30.1 Å². The zero-order valence-electron chi connectivity index (χ0n) is 9.72. The maximum Gasteiger partial charge on any atom is 0.339 e. The number of anilines is 1. The molecule has 1 aliphatic heterocycles. The van der Waals surface area contributed by atoms with Gasteiger partial charge in [0.2, 0.25) is 0 Å². The Bertz CT molecular complexity index is 402. The number of nitrogens with one attached hydrogen (secondary N) is 1. The summed E-state index contributed by atoms with van der Waals surface area (Å²) in [7, 11) is 0. The van der Waals surface area contributed by atoms with Crippen LogP contribution in [-0.4, -0.2) is 34.8 Å². The summed E-state index contributed by atoms with van der Waals surface area (Å²) in [5, 5.41) is 12.1. The van der Waals surface area contributed by atoms with E-state index in [9.17, 15) is 4.79 Å². The van der Waals surface area contributed by atoms with E-state index in [1.165, 1.54) is 0 Å². The molecule has 0 aliphatic carbocycles. The van der Waals surface area contributed by atoms with Gasteiger partial charge in [-0.3, -0.25) is 0 Å². The molecular formula is C12H16N2O3. The second-order valence-corrected chi connectivity index (χ2v) is 4.19. The largest absolute Gasteiger partial charge is 0.478 e. The number of nitrogens with zero attached hydrogens (tertiary/aromatic N) is 1. The number of hydrogen-bond donors (Lipinski definition) is 2. The fourth-order valence-corrected chi connectivity index (χ4v) is 2.00. The number of carbonyl (C=O) groups is 1. The fourth-order valence-electron chi connectivity index (χ4n) is 2.00. The van der Waals surface area contributed by atoms with Crippen LogP contribution in [0.4, 0.5) is 5.82 Å². The van der Waals surface area contributed by atoms with Crippen LogP contribution in [0.15, 0.2) is 18.3 Å². The van der Waals surface area contributed by atoms with Gasteiger partial charge < -0.3 is 15.2 Å². The quantitative estimate of drug-likeness (QED) is 0.833. The zero-order chi connectivity index (χ0) is 12.3. The number of aromatic carboxylic acids is 1. The van der Waals surface area contributed by atoms with Gasteiger partial charge in [0.25, 0.3) is 0 Å². The van der Waals surface area contributed by atoms with E-state index in [4.69, 9.17) is 9.84 Å². The summed E-state index contributed by atoms with van der Waals surface area (Å²) < 4.78 is 5.55. The first kappa shape index (κ1) is 11.9. The van der Waals surface area contributed by atoms with Crippen LogP contribution in [-0.2, 0) is 4.74 Å². The third-order valence-corrected chi connectivity index (χ3v) is 2.93. The minimum absolute atomic E-state index is 0.0606. The first-order valence-electron chi connectivity index (χ1n) is 5.75. The number of carboxylic acids is 1. The highest BCUT2D eigenvalue weighted by atomic mass is 16.5. The van der Waals surface area contributed by atoms with E-state index < -0.39 is 5.97 Å². The van der Waals surface area contributed by atoms with Crippen molar-refractivity contribution in [3.8, 4) is 0 Å². The first-order valence-corrected chi connectivity index (χ1v) is 5.75. The van der Waals surface area contributed by atoms with E-state index >= 15 is 0 Å². The molecule has 0 aromatic carbocycles. The van der Waals surface area contributed by atoms with Crippen molar-refractivity contribution >= 4 is 11.8 Å². The Hall–Kier alpha value is -1.62. The topological polar surface area (TPSA) is 71.5 Å². The third kappa shape index (κ3) is 2.74. The Morgan fingerprint density at radius 1 is 1.71 bits per heavy atom. The van der Waals surface area contributed by atoms with Gasteiger partial charge in [-0.15, -0.1) is 0 Å². The molecule has 2 unspecified atom stereocenters. The normalized spacial score (nSPS) is 21.1. The molecule has 1 aromatic heterocycles. The number of carboxylic acid groups (broad SMARTS) is 1. The molecule has 2 N–H and O–H groups in total. The van der Waals surface area contributed by atoms with E-state index in [1.54, 1.807) is 18.3 Å². The van der Waals surface area contributed by atoms with Crippen LogP contribution in [0.2, 0.25) is 0 Å². The summed E-state index contributed by atoms with van der Waals surface area (Å²) in [5.74, 6) is -0.567. The number of ether oxygens (including phenoxy) is 1. The predicted molar refractivity (Wildman–Crippen MR) is 63.3 cm³/mol. The summed E-state index contributed by atoms with van der Waals surface area (Å²) in [6.07, 6.45) is 3.78. The van der Waals surface area contributed by atoms with Gasteiger partial charge in [-0.2, -0.15) is 0 Å². The molecule has 5 heteroatoms. The first-order chi connectivity index (χ1) is 8.18. The number of hydrogen-bond acceptors (Lipinski definition) is 4. The molecule has 2 atom stereocenters. The lowest BCUT2D eigenvalue weighted by molar-refractivity contribution is 0.0696. The highest BCUT2D eigenvalue weighted by Crippen LogP contribution is 2.20. The Morgan fingerprint density at radius 2 is 2.53 bits per heavy atom. The third-order valence-electron chi connectivity index (χ3n) is 2.93. The summed E-state index contributed by atoms with van der Waals surface area (Å²) >= 11 is 0. The molecule has 92 valence electrons. The zero-order valence-corrected chi connectivity index (χ0v) is 9.72. The lowest BCUT2D eigenvalue weighted by Crippen LogP contribution is -2.31. The summed E-state index contributed by atoms with van der Waals surface area (Å²) in [5.41, 5.74) is 0.192. The van der Waals surface area contributed by atoms with Crippen molar-refractivity contribution in [2.75, 3.05) is 11.9 Å². The van der Waals surface area contributed by atoms with Gasteiger partial charge in [0.15, 0.2) is 0 Å². The van der Waals surface area contributed by atoms with Crippen molar-refractivity contribution in [3.63, 3.8) is 0 Å². The van der Waals surface area contributed by atoms with Gasteiger partial charge in [-0.25, -0.2) is 9.78 Å². The van der Waals surface area contributed by atoms with Gasteiger partial charge in [-0.1, -0.05) is 0 Å². The standard InChI is InChI=1S/C12H16N2O3/c1-8(10-5-3-7-17-10)14-11-9(12(15)16)4-2-6-13-11/h2,4,6,8,10H,3,5,7H2,1H3,(H,13,14)(H,15,16). The predicted octanol–water partition coefficient (Wildman–Crippen LogP) is 1.76. The smallest absolute Gasteiger partial charge is 0.339 e. The fraction of sp³-hybridized carbons (Fsp3) is 0.500. The minimum atomic E-state index is -0.972. The van der Waals surface area contributed by atoms with Gasteiger partial charge in [0.1, 0.15) is 11.4 Å². The van der Waals surface area contributed by atoms with Gasteiger partial charge in [-0.05, 0) is 31.9 Å². The summed E-state index contributed by atoms with van der Waals surface area (Å²) in [4.78, 5) is 15.1. The van der Waals surface area contributed by atoms with E-state index in [1.807, 2.05) is 6.92 Å². The van der Waals surface area contributed by atoms with Crippen LogP contribution in [0.5, 0.6) is 0 Å². The molecule has 0 saturated carbocycles. The van der Waals surface area contributed by atoms with Crippen molar-refractivity contribution < 1.29 is 14.6 Å². The second kappa shape index (κ2) is 5.14. The van der Waals surface area contributed by atoms with E-state index in [2.05, 4.69) is 10.3 Å². The van der Waals surface area contributed by atoms with Gasteiger partial charge >= 0.3 is 5.97 Å². The van der Waals surface area contributed by atoms with Crippen molar-refractivity contribution in [2.45, 2.75) is 31.9 Å². The lowest BCUT2D eigenvalue weighted by atomic mass is 10.1. The molecular weight excluding hydrogens is 220 g/mol. The van der Waals surface area contributed by atoms with Crippen molar-refractivity contribution in [1.29, 1.82) is 0 Å².